The van der Waals surface area contributed by atoms with E-state index < -0.39 is 0 Å². The fraction of sp³-hybridized carbons (Fsp3) is 0.571. The molecule has 1 aromatic rings. The van der Waals surface area contributed by atoms with Gasteiger partial charge in [-0.3, -0.25) is 0 Å². The zero-order valence-corrected chi connectivity index (χ0v) is 12.1. The van der Waals surface area contributed by atoms with Crippen molar-refractivity contribution in [1.29, 1.82) is 0 Å². The van der Waals surface area contributed by atoms with Crippen LogP contribution in [0.2, 0.25) is 10.0 Å². The Morgan fingerprint density at radius 3 is 2.67 bits per heavy atom. The van der Waals surface area contributed by atoms with Crippen molar-refractivity contribution in [3.63, 3.8) is 0 Å². The van der Waals surface area contributed by atoms with Gasteiger partial charge in [-0.05, 0) is 63.1 Å². The van der Waals surface area contributed by atoms with Crippen LogP contribution in [0.15, 0.2) is 18.2 Å². The number of benzene rings is 1. The number of nitrogens with one attached hydrogen (secondary N) is 1. The average Bonchev–Trinajstić information content (AvgIpc) is 2.84. The van der Waals surface area contributed by atoms with Crippen molar-refractivity contribution >= 4 is 23.2 Å². The molecule has 1 saturated heterocycles. The molecule has 0 aromatic heterocycles. The lowest BCUT2D eigenvalue weighted by molar-refractivity contribution is 0.331. The third-order valence-corrected chi connectivity index (χ3v) is 3.94. The minimum absolute atomic E-state index is 0.692. The number of nitrogens with zero attached hydrogens (tertiary/aromatic N) is 1. The molecule has 4 heteroatoms. The molecule has 0 saturated carbocycles. The van der Waals surface area contributed by atoms with E-state index in [1.807, 2.05) is 12.1 Å². The summed E-state index contributed by atoms with van der Waals surface area (Å²) in [5.74, 6) is 0. The summed E-state index contributed by atoms with van der Waals surface area (Å²) in [5, 5.41) is 4.87. The Morgan fingerprint density at radius 2 is 1.94 bits per heavy atom. The highest BCUT2D eigenvalue weighted by atomic mass is 35.5. The van der Waals surface area contributed by atoms with Crippen LogP contribution < -0.4 is 5.32 Å². The largest absolute Gasteiger partial charge is 0.313 e. The Labute approximate surface area is 119 Å². The van der Waals surface area contributed by atoms with Crippen LogP contribution in [0, 0.1) is 0 Å². The molecular weight excluding hydrogens is 267 g/mol. The monoisotopic (exact) mass is 286 g/mol. The quantitative estimate of drug-likeness (QED) is 0.805. The third kappa shape index (κ3) is 4.43. The molecule has 18 heavy (non-hydrogen) atoms. The molecule has 0 radical (unpaired) electrons. The predicted molar refractivity (Wildman–Crippen MR) is 78.5 cm³/mol. The van der Waals surface area contributed by atoms with E-state index in [0.29, 0.717) is 5.02 Å². The molecule has 0 unspecified atom stereocenters. The highest BCUT2D eigenvalue weighted by Crippen LogP contribution is 2.20. The first-order valence-electron chi connectivity index (χ1n) is 6.63. The first-order valence-corrected chi connectivity index (χ1v) is 7.38. The van der Waals surface area contributed by atoms with Crippen molar-refractivity contribution in [2.75, 3.05) is 26.2 Å². The van der Waals surface area contributed by atoms with Crippen molar-refractivity contribution in [3.8, 4) is 0 Å². The molecule has 0 atom stereocenters. The fourth-order valence-electron chi connectivity index (χ4n) is 2.32. The maximum atomic E-state index is 6.11. The van der Waals surface area contributed by atoms with Crippen LogP contribution in [-0.4, -0.2) is 31.1 Å². The van der Waals surface area contributed by atoms with Crippen molar-refractivity contribution in [1.82, 2.24) is 10.2 Å². The van der Waals surface area contributed by atoms with E-state index in [1.54, 1.807) is 6.07 Å². The van der Waals surface area contributed by atoms with E-state index in [4.69, 9.17) is 23.2 Å². The molecule has 1 heterocycles. The summed E-state index contributed by atoms with van der Waals surface area (Å²) < 4.78 is 0. The summed E-state index contributed by atoms with van der Waals surface area (Å²) in [6.07, 6.45) is 3.94. The highest BCUT2D eigenvalue weighted by Gasteiger charge is 2.09. The molecular formula is C14H20Cl2N2. The van der Waals surface area contributed by atoms with Gasteiger partial charge < -0.3 is 10.2 Å². The van der Waals surface area contributed by atoms with E-state index in [9.17, 15) is 0 Å². The first kappa shape index (κ1) is 14.1. The smallest absolute Gasteiger partial charge is 0.0465 e. The predicted octanol–water partition coefficient (Wildman–Crippen LogP) is 3.57. The van der Waals surface area contributed by atoms with Crippen molar-refractivity contribution in [2.45, 2.75) is 25.8 Å². The Morgan fingerprint density at radius 1 is 1.17 bits per heavy atom. The van der Waals surface area contributed by atoms with Gasteiger partial charge in [0.2, 0.25) is 0 Å². The second-order valence-corrected chi connectivity index (χ2v) is 5.66. The second-order valence-electron chi connectivity index (χ2n) is 4.81. The molecule has 1 fully saturated rings. The molecule has 0 amide bonds. The van der Waals surface area contributed by atoms with E-state index >= 15 is 0 Å². The van der Waals surface area contributed by atoms with Crippen LogP contribution in [0.25, 0.3) is 0 Å². The minimum Gasteiger partial charge on any atom is -0.313 e. The van der Waals surface area contributed by atoms with Crippen molar-refractivity contribution in [3.05, 3.63) is 33.8 Å². The maximum absolute atomic E-state index is 6.11. The van der Waals surface area contributed by atoms with E-state index in [0.717, 1.165) is 23.7 Å². The summed E-state index contributed by atoms with van der Waals surface area (Å²) in [6, 6.07) is 5.66. The number of hydrogen-bond donors (Lipinski definition) is 1. The summed E-state index contributed by atoms with van der Waals surface area (Å²) >= 11 is 12.0. The normalized spacial score (nSPS) is 16.3. The summed E-state index contributed by atoms with van der Waals surface area (Å²) in [7, 11) is 0. The minimum atomic E-state index is 0.692. The summed E-state index contributed by atoms with van der Waals surface area (Å²) in [6.45, 7) is 5.62. The van der Waals surface area contributed by atoms with Crippen LogP contribution in [0.3, 0.4) is 0 Å². The van der Waals surface area contributed by atoms with Gasteiger partial charge in [0.15, 0.2) is 0 Å². The van der Waals surface area contributed by atoms with Crippen LogP contribution >= 0.6 is 23.2 Å². The molecule has 2 nitrogen and oxygen atoms in total. The lowest BCUT2D eigenvalue weighted by Crippen LogP contribution is -2.24. The van der Waals surface area contributed by atoms with Gasteiger partial charge in [-0.25, -0.2) is 0 Å². The zero-order valence-electron chi connectivity index (χ0n) is 10.6. The highest BCUT2D eigenvalue weighted by molar-refractivity contribution is 6.35. The molecule has 2 rings (SSSR count). The van der Waals surface area contributed by atoms with Gasteiger partial charge in [0.25, 0.3) is 0 Å². The van der Waals surface area contributed by atoms with Crippen LogP contribution in [0.1, 0.15) is 24.8 Å². The zero-order chi connectivity index (χ0) is 12.8. The van der Waals surface area contributed by atoms with Gasteiger partial charge in [-0.2, -0.15) is 0 Å². The van der Waals surface area contributed by atoms with Crippen LogP contribution in [-0.2, 0) is 6.54 Å². The Balaban J connectivity index is 1.62. The Hall–Kier alpha value is -0.280. The van der Waals surface area contributed by atoms with Gasteiger partial charge in [-0.15, -0.1) is 0 Å². The summed E-state index contributed by atoms with van der Waals surface area (Å²) in [4.78, 5) is 2.54. The van der Waals surface area contributed by atoms with E-state index in [2.05, 4.69) is 10.2 Å². The number of hydrogen-bond acceptors (Lipinski definition) is 2. The fourth-order valence-corrected chi connectivity index (χ4v) is 2.80. The van der Waals surface area contributed by atoms with Crippen molar-refractivity contribution in [2.24, 2.45) is 0 Å². The van der Waals surface area contributed by atoms with Crippen LogP contribution in [0.4, 0.5) is 0 Å². The number of rotatable bonds is 6. The lowest BCUT2D eigenvalue weighted by atomic mass is 10.2. The molecule has 1 aliphatic rings. The van der Waals surface area contributed by atoms with Gasteiger partial charge in [0.1, 0.15) is 0 Å². The third-order valence-electron chi connectivity index (χ3n) is 3.36. The number of halogens is 2. The molecule has 1 aromatic carbocycles. The topological polar surface area (TPSA) is 15.3 Å². The second kappa shape index (κ2) is 7.34. The van der Waals surface area contributed by atoms with E-state index in [-0.39, 0.29) is 0 Å². The molecule has 1 N–H and O–H groups in total. The lowest BCUT2D eigenvalue weighted by Gasteiger charge is -2.14. The van der Waals surface area contributed by atoms with E-state index in [1.165, 1.54) is 38.9 Å². The SMILES string of the molecule is Clc1ccc(CNCCCN2CCCC2)c(Cl)c1. The molecule has 0 spiro atoms. The van der Waals surface area contributed by atoms with Crippen LogP contribution in [0.5, 0.6) is 0 Å². The van der Waals surface area contributed by atoms with Gasteiger partial charge in [0.05, 0.1) is 0 Å². The van der Waals surface area contributed by atoms with Crippen molar-refractivity contribution < 1.29 is 0 Å². The van der Waals surface area contributed by atoms with Gasteiger partial charge >= 0.3 is 0 Å². The Kier molecular flexibility index (Phi) is 5.77. The molecule has 1 aliphatic heterocycles. The maximum Gasteiger partial charge on any atom is 0.0465 e. The van der Waals surface area contributed by atoms with Gasteiger partial charge in [-0.1, -0.05) is 29.3 Å². The molecule has 100 valence electrons. The number of likely N-dealkylation sites (tertiary alicyclic amines) is 1. The molecule has 0 bridgehead atoms. The average molecular weight is 287 g/mol. The molecule has 0 aliphatic carbocycles. The first-order chi connectivity index (χ1) is 8.75. The standard InChI is InChI=1S/C14H20Cl2N2/c15-13-5-4-12(14(16)10-13)11-17-6-3-9-18-7-1-2-8-18/h4-5,10,17H,1-3,6-9,11H2. The Bertz CT molecular complexity index is 376. The van der Waals surface area contributed by atoms with Gasteiger partial charge in [0, 0.05) is 16.6 Å². The summed E-state index contributed by atoms with van der Waals surface area (Å²) in [5.41, 5.74) is 1.11.